The van der Waals surface area contributed by atoms with Crippen LogP contribution >= 0.6 is 0 Å². The first-order valence-corrected chi connectivity index (χ1v) is 13.8. The highest BCUT2D eigenvalue weighted by molar-refractivity contribution is 5.97. The number of ether oxygens (including phenoxy) is 1. The SMILES string of the molecule is CCCCCCCCCCCCCCCCCOC(=O)C(NC(=O)c1cc(F)ccc1F)C(C)C. The third kappa shape index (κ3) is 14.2. The maximum absolute atomic E-state index is 13.8. The molecule has 6 heteroatoms. The van der Waals surface area contributed by atoms with Crippen LogP contribution in [0, 0.1) is 17.6 Å². The van der Waals surface area contributed by atoms with E-state index < -0.39 is 35.1 Å². The van der Waals surface area contributed by atoms with Crippen LogP contribution in [0.25, 0.3) is 0 Å². The number of benzene rings is 1. The zero-order valence-electron chi connectivity index (χ0n) is 22.2. The summed E-state index contributed by atoms with van der Waals surface area (Å²) in [7, 11) is 0. The lowest BCUT2D eigenvalue weighted by atomic mass is 10.0. The third-order valence-electron chi connectivity index (χ3n) is 6.37. The smallest absolute Gasteiger partial charge is 0.328 e. The zero-order valence-corrected chi connectivity index (χ0v) is 22.2. The molecule has 0 fully saturated rings. The molecule has 0 aromatic heterocycles. The minimum atomic E-state index is -0.915. The normalized spacial score (nSPS) is 12.1. The van der Waals surface area contributed by atoms with Gasteiger partial charge in [0.15, 0.2) is 0 Å². The Kier molecular flexibility index (Phi) is 17.1. The number of amides is 1. The maximum Gasteiger partial charge on any atom is 0.328 e. The largest absolute Gasteiger partial charge is 0.464 e. The van der Waals surface area contributed by atoms with Crippen LogP contribution in [0.5, 0.6) is 0 Å². The van der Waals surface area contributed by atoms with Crippen molar-refractivity contribution < 1.29 is 23.1 Å². The van der Waals surface area contributed by atoms with E-state index in [-0.39, 0.29) is 5.92 Å². The summed E-state index contributed by atoms with van der Waals surface area (Å²) in [6.07, 6.45) is 18.9. The summed E-state index contributed by atoms with van der Waals surface area (Å²) in [5.74, 6) is -3.17. The molecular formula is C29H47F2NO3. The molecule has 1 aromatic carbocycles. The second kappa shape index (κ2) is 19.2. The molecule has 1 atom stereocenters. The second-order valence-corrected chi connectivity index (χ2v) is 9.94. The zero-order chi connectivity index (χ0) is 25.9. The van der Waals surface area contributed by atoms with E-state index in [1.807, 2.05) is 0 Å². The second-order valence-electron chi connectivity index (χ2n) is 9.94. The number of nitrogens with one attached hydrogen (secondary N) is 1. The van der Waals surface area contributed by atoms with Crippen LogP contribution in [0.2, 0.25) is 0 Å². The van der Waals surface area contributed by atoms with Gasteiger partial charge in [0.25, 0.3) is 5.91 Å². The van der Waals surface area contributed by atoms with Crippen LogP contribution in [0.15, 0.2) is 18.2 Å². The van der Waals surface area contributed by atoms with Crippen molar-refractivity contribution in [3.63, 3.8) is 0 Å². The van der Waals surface area contributed by atoms with Gasteiger partial charge in [0.2, 0.25) is 0 Å². The van der Waals surface area contributed by atoms with Gasteiger partial charge in [-0.2, -0.15) is 0 Å². The molecule has 1 rings (SSSR count). The first-order valence-electron chi connectivity index (χ1n) is 13.8. The Morgan fingerprint density at radius 1 is 0.800 bits per heavy atom. The van der Waals surface area contributed by atoms with Crippen LogP contribution in [-0.4, -0.2) is 24.5 Å². The van der Waals surface area contributed by atoms with Gasteiger partial charge >= 0.3 is 5.97 Å². The van der Waals surface area contributed by atoms with E-state index in [2.05, 4.69) is 12.2 Å². The molecule has 4 nitrogen and oxygen atoms in total. The molecule has 0 bridgehead atoms. The van der Waals surface area contributed by atoms with Crippen LogP contribution in [-0.2, 0) is 9.53 Å². The Morgan fingerprint density at radius 2 is 1.29 bits per heavy atom. The van der Waals surface area contributed by atoms with Crippen molar-refractivity contribution >= 4 is 11.9 Å². The Morgan fingerprint density at radius 3 is 1.77 bits per heavy atom. The van der Waals surface area contributed by atoms with Gasteiger partial charge in [-0.1, -0.05) is 111 Å². The Bertz CT molecular complexity index is 724. The predicted octanol–water partition coefficient (Wildman–Crippen LogP) is 8.13. The lowest BCUT2D eigenvalue weighted by molar-refractivity contribution is -0.147. The van der Waals surface area contributed by atoms with Crippen LogP contribution < -0.4 is 5.32 Å². The molecule has 35 heavy (non-hydrogen) atoms. The summed E-state index contributed by atoms with van der Waals surface area (Å²) >= 11 is 0. The molecule has 0 aliphatic rings. The van der Waals surface area contributed by atoms with Crippen LogP contribution in [0.1, 0.15) is 127 Å². The lowest BCUT2D eigenvalue weighted by Gasteiger charge is -2.21. The number of hydrogen-bond donors (Lipinski definition) is 1. The van der Waals surface area contributed by atoms with E-state index in [1.54, 1.807) is 13.8 Å². The fourth-order valence-corrected chi connectivity index (χ4v) is 4.12. The number of carbonyl (C=O) groups excluding carboxylic acids is 2. The standard InChI is InChI=1S/C29H47F2NO3/c1-4-5-6-7-8-9-10-11-12-13-14-15-16-17-18-21-35-29(34)27(23(2)3)32-28(33)25-22-24(30)19-20-26(25)31/h19-20,22-23,27H,4-18,21H2,1-3H3,(H,32,33). The molecule has 0 saturated carbocycles. The molecule has 1 N–H and O–H groups in total. The predicted molar refractivity (Wildman–Crippen MR) is 138 cm³/mol. The molecule has 0 saturated heterocycles. The highest BCUT2D eigenvalue weighted by Gasteiger charge is 2.27. The summed E-state index contributed by atoms with van der Waals surface area (Å²) in [6, 6.07) is 1.74. The van der Waals surface area contributed by atoms with Crippen molar-refractivity contribution in [2.24, 2.45) is 5.92 Å². The Labute approximate surface area is 211 Å². The highest BCUT2D eigenvalue weighted by Crippen LogP contribution is 2.14. The van der Waals surface area contributed by atoms with E-state index in [9.17, 15) is 18.4 Å². The Balaban J connectivity index is 2.11. The quantitative estimate of drug-likeness (QED) is 0.147. The van der Waals surface area contributed by atoms with Gasteiger partial charge in [-0.05, 0) is 30.5 Å². The van der Waals surface area contributed by atoms with Crippen molar-refractivity contribution in [3.8, 4) is 0 Å². The van der Waals surface area contributed by atoms with Crippen molar-refractivity contribution in [1.82, 2.24) is 5.32 Å². The fraction of sp³-hybridized carbons (Fsp3) is 0.724. The van der Waals surface area contributed by atoms with Gasteiger partial charge in [-0.3, -0.25) is 4.79 Å². The number of hydrogen-bond acceptors (Lipinski definition) is 3. The molecule has 0 spiro atoms. The number of unbranched alkanes of at least 4 members (excludes halogenated alkanes) is 14. The molecule has 0 radical (unpaired) electrons. The molecule has 0 aliphatic carbocycles. The summed E-state index contributed by atoms with van der Waals surface area (Å²) in [5.41, 5.74) is -0.425. The highest BCUT2D eigenvalue weighted by atomic mass is 19.1. The minimum Gasteiger partial charge on any atom is -0.464 e. The lowest BCUT2D eigenvalue weighted by Crippen LogP contribution is -2.45. The average molecular weight is 496 g/mol. The minimum absolute atomic E-state index is 0.246. The first-order chi connectivity index (χ1) is 16.9. The molecule has 0 aliphatic heterocycles. The van der Waals surface area contributed by atoms with Crippen molar-refractivity contribution in [1.29, 1.82) is 0 Å². The van der Waals surface area contributed by atoms with Crippen molar-refractivity contribution in [2.75, 3.05) is 6.61 Å². The average Bonchev–Trinajstić information content (AvgIpc) is 2.83. The Hall–Kier alpha value is -1.98. The number of carbonyl (C=O) groups is 2. The van der Waals surface area contributed by atoms with E-state index >= 15 is 0 Å². The number of halogens is 2. The van der Waals surface area contributed by atoms with E-state index in [4.69, 9.17) is 4.74 Å². The van der Waals surface area contributed by atoms with Gasteiger partial charge < -0.3 is 10.1 Å². The summed E-state index contributed by atoms with van der Waals surface area (Å²) in [6.45, 7) is 6.08. The van der Waals surface area contributed by atoms with Gasteiger partial charge in [-0.15, -0.1) is 0 Å². The van der Waals surface area contributed by atoms with Gasteiger partial charge in [0, 0.05) is 0 Å². The monoisotopic (exact) mass is 495 g/mol. The van der Waals surface area contributed by atoms with Crippen LogP contribution in [0.4, 0.5) is 8.78 Å². The van der Waals surface area contributed by atoms with Gasteiger partial charge in [0.05, 0.1) is 12.2 Å². The third-order valence-corrected chi connectivity index (χ3v) is 6.37. The number of esters is 1. The molecule has 200 valence electrons. The summed E-state index contributed by atoms with van der Waals surface area (Å²) in [5, 5.41) is 2.49. The van der Waals surface area contributed by atoms with E-state index in [1.165, 1.54) is 77.0 Å². The molecule has 1 amide bonds. The molecule has 1 unspecified atom stereocenters. The van der Waals surface area contributed by atoms with Crippen molar-refractivity contribution in [2.45, 2.75) is 123 Å². The molecular weight excluding hydrogens is 448 g/mol. The van der Waals surface area contributed by atoms with Gasteiger partial charge in [-0.25, -0.2) is 13.6 Å². The fourth-order valence-electron chi connectivity index (χ4n) is 4.12. The van der Waals surface area contributed by atoms with Crippen LogP contribution in [0.3, 0.4) is 0 Å². The van der Waals surface area contributed by atoms with E-state index in [0.29, 0.717) is 6.61 Å². The van der Waals surface area contributed by atoms with Gasteiger partial charge in [0.1, 0.15) is 17.7 Å². The summed E-state index contributed by atoms with van der Waals surface area (Å²) < 4.78 is 32.6. The molecule has 0 heterocycles. The maximum atomic E-state index is 13.8. The first kappa shape index (κ1) is 31.1. The van der Waals surface area contributed by atoms with Crippen molar-refractivity contribution in [3.05, 3.63) is 35.4 Å². The number of rotatable bonds is 20. The van der Waals surface area contributed by atoms with E-state index in [0.717, 1.165) is 37.5 Å². The topological polar surface area (TPSA) is 55.4 Å². The molecule has 1 aromatic rings. The summed E-state index contributed by atoms with van der Waals surface area (Å²) in [4.78, 5) is 24.8.